The minimum atomic E-state index is 0. The van der Waals surface area contributed by atoms with Crippen molar-refractivity contribution >= 4 is 35.6 Å². The average Bonchev–Trinajstić information content (AvgIpc) is 3.13. The van der Waals surface area contributed by atoms with Crippen molar-refractivity contribution in [1.29, 1.82) is 5.41 Å². The van der Waals surface area contributed by atoms with E-state index in [2.05, 4.69) is 13.8 Å². The van der Waals surface area contributed by atoms with E-state index in [0.29, 0.717) is 16.6 Å². The molecule has 0 saturated heterocycles. The Morgan fingerprint density at radius 2 is 1.65 bits per heavy atom. The predicted molar refractivity (Wildman–Crippen MR) is 136 cm³/mol. The largest absolute Gasteiger partial charge is 0.494 e. The fraction of sp³-hybridized carbons (Fsp3) is 0.680. The third-order valence-electron chi connectivity index (χ3n) is 5.92. The van der Waals surface area contributed by atoms with Gasteiger partial charge < -0.3 is 4.74 Å². The van der Waals surface area contributed by atoms with Crippen LogP contribution in [0.1, 0.15) is 96.5 Å². The molecule has 1 heterocycles. The van der Waals surface area contributed by atoms with Gasteiger partial charge in [0.1, 0.15) is 11.6 Å². The van der Waals surface area contributed by atoms with Crippen molar-refractivity contribution < 1.29 is 4.74 Å². The van der Waals surface area contributed by atoms with Gasteiger partial charge in [0, 0.05) is 17.9 Å². The summed E-state index contributed by atoms with van der Waals surface area (Å²) in [7, 11) is 1.64. The Hall–Kier alpha value is -1.26. The minimum Gasteiger partial charge on any atom is -0.494 e. The Kier molecular flexibility index (Phi) is 13.9. The predicted octanol–water partition coefficient (Wildman–Crippen LogP) is 8.10. The number of hydrogen-bond donors (Lipinski definition) is 1. The van der Waals surface area contributed by atoms with E-state index < -0.39 is 0 Å². The highest BCUT2D eigenvalue weighted by molar-refractivity contribution is 6.32. The van der Waals surface area contributed by atoms with Crippen molar-refractivity contribution in [3.05, 3.63) is 28.8 Å². The van der Waals surface area contributed by atoms with Crippen LogP contribution in [0.15, 0.2) is 23.3 Å². The number of para-hydroxylation sites is 1. The van der Waals surface area contributed by atoms with Crippen LogP contribution in [0.5, 0.6) is 5.75 Å². The molecule has 1 aromatic rings. The van der Waals surface area contributed by atoms with Gasteiger partial charge >= 0.3 is 0 Å². The topological polar surface area (TPSA) is 48.7 Å². The Morgan fingerprint density at radius 3 is 2.23 bits per heavy atom. The smallest absolute Gasteiger partial charge is 0.146 e. The Morgan fingerprint density at radius 1 is 1.06 bits per heavy atom. The first kappa shape index (κ1) is 27.8. The summed E-state index contributed by atoms with van der Waals surface area (Å²) in [6.45, 7) is 5.17. The summed E-state index contributed by atoms with van der Waals surface area (Å²) in [5, 5.41) is 15.7. The summed E-state index contributed by atoms with van der Waals surface area (Å²) < 4.78 is 5.49. The molecule has 176 valence electrons. The van der Waals surface area contributed by atoms with Crippen LogP contribution in [-0.2, 0) is 0 Å². The first-order valence-electron chi connectivity index (χ1n) is 11.8. The second-order valence-electron chi connectivity index (χ2n) is 8.52. The summed E-state index contributed by atoms with van der Waals surface area (Å²) in [6.07, 6.45) is 15.4. The van der Waals surface area contributed by atoms with Gasteiger partial charge in [0.25, 0.3) is 0 Å². The molecule has 0 spiro atoms. The zero-order valence-electron chi connectivity index (χ0n) is 19.6. The monoisotopic (exact) mass is 469 g/mol. The van der Waals surface area contributed by atoms with Gasteiger partial charge in [-0.05, 0) is 18.6 Å². The maximum atomic E-state index is 8.46. The van der Waals surface area contributed by atoms with Gasteiger partial charge in [0.2, 0.25) is 0 Å². The third-order valence-corrected chi connectivity index (χ3v) is 6.22. The lowest BCUT2D eigenvalue weighted by Gasteiger charge is -2.15. The van der Waals surface area contributed by atoms with Crippen LogP contribution >= 0.6 is 24.0 Å². The molecule has 0 aromatic heterocycles. The quantitative estimate of drug-likeness (QED) is 0.170. The number of ether oxygens (including phenoxy) is 1. The van der Waals surface area contributed by atoms with Crippen LogP contribution in [0, 0.1) is 11.3 Å². The Balaban J connectivity index is 0.00000480. The van der Waals surface area contributed by atoms with Gasteiger partial charge in [0.15, 0.2) is 0 Å². The SMILES string of the molecule is CCCCCCCCCCCCCC(=N)N1CC(C)C(c2cccc(Cl)c2OC)=N1.Cl. The standard InChI is InChI=1S/C25H40ClN3O.ClH/c1-4-5-6-7-8-9-10-11-12-13-14-18-23(27)29-19-20(2)24(28-29)21-16-15-17-22(26)25(21)30-3;/h15-17,20,27H,4-14,18-19H2,1-3H3;1H. The number of hydrogen-bond acceptors (Lipinski definition) is 3. The minimum absolute atomic E-state index is 0. The van der Waals surface area contributed by atoms with E-state index in [4.69, 9.17) is 26.8 Å². The molecule has 1 atom stereocenters. The van der Waals surface area contributed by atoms with E-state index in [1.54, 1.807) is 7.11 Å². The average molecular weight is 471 g/mol. The van der Waals surface area contributed by atoms with E-state index in [1.165, 1.54) is 64.2 Å². The highest BCUT2D eigenvalue weighted by Crippen LogP contribution is 2.32. The van der Waals surface area contributed by atoms with Crippen molar-refractivity contribution in [2.45, 2.75) is 90.9 Å². The number of amidine groups is 1. The number of methoxy groups -OCH3 is 1. The molecule has 6 heteroatoms. The molecule has 1 N–H and O–H groups in total. The normalized spacial score (nSPS) is 15.5. The van der Waals surface area contributed by atoms with E-state index in [9.17, 15) is 0 Å². The number of benzene rings is 1. The molecular weight excluding hydrogens is 429 g/mol. The van der Waals surface area contributed by atoms with Crippen molar-refractivity contribution in [2.24, 2.45) is 11.0 Å². The second-order valence-corrected chi connectivity index (χ2v) is 8.93. The maximum absolute atomic E-state index is 8.46. The Bertz CT molecular complexity index is 693. The summed E-state index contributed by atoms with van der Waals surface area (Å²) in [6, 6.07) is 5.75. The van der Waals surface area contributed by atoms with Gasteiger partial charge in [-0.25, -0.2) is 0 Å². The molecule has 0 bridgehead atoms. The van der Waals surface area contributed by atoms with Crippen molar-refractivity contribution in [2.75, 3.05) is 13.7 Å². The van der Waals surface area contributed by atoms with Crippen LogP contribution < -0.4 is 4.74 Å². The molecule has 4 nitrogen and oxygen atoms in total. The van der Waals surface area contributed by atoms with E-state index in [0.717, 1.165) is 30.7 Å². The molecule has 1 aliphatic heterocycles. The summed E-state index contributed by atoms with van der Waals surface area (Å²) in [4.78, 5) is 0. The fourth-order valence-electron chi connectivity index (χ4n) is 4.11. The number of nitrogens with zero attached hydrogens (tertiary/aromatic N) is 2. The molecule has 31 heavy (non-hydrogen) atoms. The highest BCUT2D eigenvalue weighted by atomic mass is 35.5. The van der Waals surface area contributed by atoms with Gasteiger partial charge in [-0.1, -0.05) is 95.7 Å². The highest BCUT2D eigenvalue weighted by Gasteiger charge is 2.28. The maximum Gasteiger partial charge on any atom is 0.146 e. The lowest BCUT2D eigenvalue weighted by atomic mass is 9.98. The van der Waals surface area contributed by atoms with Crippen LogP contribution in [0.25, 0.3) is 0 Å². The molecule has 2 rings (SSSR count). The van der Waals surface area contributed by atoms with Crippen molar-refractivity contribution in [3.8, 4) is 5.75 Å². The first-order valence-corrected chi connectivity index (χ1v) is 12.2. The van der Waals surface area contributed by atoms with Crippen molar-refractivity contribution in [1.82, 2.24) is 5.01 Å². The number of unbranched alkanes of at least 4 members (excludes halogenated alkanes) is 10. The summed E-state index contributed by atoms with van der Waals surface area (Å²) in [5.74, 6) is 1.53. The molecule has 1 unspecified atom stereocenters. The number of halogens is 2. The molecule has 0 amide bonds. The van der Waals surface area contributed by atoms with Gasteiger partial charge in [-0.2, -0.15) is 5.10 Å². The van der Waals surface area contributed by atoms with Crippen LogP contribution in [0.3, 0.4) is 0 Å². The second kappa shape index (κ2) is 15.5. The number of hydrazone groups is 1. The Labute approximate surface area is 200 Å². The molecule has 0 saturated carbocycles. The molecule has 1 aliphatic rings. The van der Waals surface area contributed by atoms with E-state index in [-0.39, 0.29) is 18.3 Å². The molecule has 1 aromatic carbocycles. The lowest BCUT2D eigenvalue weighted by Crippen LogP contribution is -2.24. The summed E-state index contributed by atoms with van der Waals surface area (Å²) >= 11 is 6.28. The third kappa shape index (κ3) is 9.02. The molecular formula is C25H41Cl2N3O. The van der Waals surface area contributed by atoms with Gasteiger partial charge in [0.05, 0.1) is 24.4 Å². The summed E-state index contributed by atoms with van der Waals surface area (Å²) in [5.41, 5.74) is 1.89. The molecule has 0 radical (unpaired) electrons. The number of nitrogens with one attached hydrogen (secondary N) is 1. The molecule has 0 aliphatic carbocycles. The van der Waals surface area contributed by atoms with Crippen molar-refractivity contribution in [3.63, 3.8) is 0 Å². The van der Waals surface area contributed by atoms with Gasteiger partial charge in [-0.15, -0.1) is 12.4 Å². The first-order chi connectivity index (χ1) is 14.6. The van der Waals surface area contributed by atoms with Gasteiger partial charge in [-0.3, -0.25) is 10.4 Å². The van der Waals surface area contributed by atoms with E-state index in [1.807, 2.05) is 23.2 Å². The van der Waals surface area contributed by atoms with E-state index >= 15 is 0 Å². The lowest BCUT2D eigenvalue weighted by molar-refractivity contribution is 0.414. The fourth-order valence-corrected chi connectivity index (χ4v) is 4.36. The van der Waals surface area contributed by atoms with Crippen LogP contribution in [-0.4, -0.2) is 30.2 Å². The zero-order valence-corrected chi connectivity index (χ0v) is 21.2. The molecule has 0 fully saturated rings. The zero-order chi connectivity index (χ0) is 21.8. The number of rotatable bonds is 14. The van der Waals surface area contributed by atoms with Crippen LogP contribution in [0.2, 0.25) is 5.02 Å². The van der Waals surface area contributed by atoms with Crippen LogP contribution in [0.4, 0.5) is 0 Å².